The summed E-state index contributed by atoms with van der Waals surface area (Å²) >= 11 is 0. The minimum absolute atomic E-state index is 0.103. The number of fused-ring (bicyclic) bond motifs is 2. The van der Waals surface area contributed by atoms with Gasteiger partial charge < -0.3 is 4.74 Å². The molecule has 0 saturated carbocycles. The third-order valence-corrected chi connectivity index (χ3v) is 3.00. The van der Waals surface area contributed by atoms with Crippen molar-refractivity contribution in [2.75, 3.05) is 0 Å². The normalized spacial score (nSPS) is 36.4. The molecule has 2 saturated heterocycles. The fourth-order valence-corrected chi connectivity index (χ4v) is 2.31. The van der Waals surface area contributed by atoms with Gasteiger partial charge in [-0.3, -0.25) is 4.79 Å². The number of Topliss-reactive ketones (excluding diaryl/α,β-unsaturated/α-hetero) is 1. The summed E-state index contributed by atoms with van der Waals surface area (Å²) in [4.78, 5) is 10.7. The van der Waals surface area contributed by atoms with Crippen molar-refractivity contribution >= 4 is 5.78 Å². The van der Waals surface area contributed by atoms with Gasteiger partial charge in [-0.25, -0.2) is 0 Å². The zero-order valence-corrected chi connectivity index (χ0v) is 7.51. The molecule has 3 unspecified atom stereocenters. The van der Waals surface area contributed by atoms with E-state index in [1.807, 2.05) is 0 Å². The maximum atomic E-state index is 12.0. The first-order valence-corrected chi connectivity index (χ1v) is 4.72. The lowest BCUT2D eigenvalue weighted by Gasteiger charge is -2.17. The van der Waals surface area contributed by atoms with Crippen molar-refractivity contribution in [3.05, 3.63) is 0 Å². The minimum atomic E-state index is -4.68. The van der Waals surface area contributed by atoms with Gasteiger partial charge in [0.2, 0.25) is 5.78 Å². The molecule has 2 fully saturated rings. The van der Waals surface area contributed by atoms with E-state index in [1.54, 1.807) is 0 Å². The van der Waals surface area contributed by atoms with Crippen LogP contribution >= 0.6 is 0 Å². The van der Waals surface area contributed by atoms with E-state index in [1.165, 1.54) is 0 Å². The number of alkyl halides is 3. The van der Waals surface area contributed by atoms with E-state index >= 15 is 0 Å². The number of halogens is 3. The maximum absolute atomic E-state index is 12.0. The minimum Gasteiger partial charge on any atom is -0.375 e. The third-order valence-electron chi connectivity index (χ3n) is 3.00. The van der Waals surface area contributed by atoms with Gasteiger partial charge in [0.1, 0.15) is 0 Å². The molecule has 3 atom stereocenters. The van der Waals surface area contributed by atoms with E-state index in [0.29, 0.717) is 6.42 Å². The molecule has 14 heavy (non-hydrogen) atoms. The number of carbonyl (C=O) groups is 1. The van der Waals surface area contributed by atoms with Crippen LogP contribution in [0.25, 0.3) is 0 Å². The zero-order chi connectivity index (χ0) is 10.3. The molecule has 0 spiro atoms. The van der Waals surface area contributed by atoms with Crippen LogP contribution in [-0.4, -0.2) is 24.2 Å². The topological polar surface area (TPSA) is 26.3 Å². The van der Waals surface area contributed by atoms with Crippen molar-refractivity contribution < 1.29 is 22.7 Å². The quantitative estimate of drug-likeness (QED) is 0.694. The van der Waals surface area contributed by atoms with Crippen LogP contribution in [0.15, 0.2) is 0 Å². The van der Waals surface area contributed by atoms with Crippen molar-refractivity contribution in [3.63, 3.8) is 0 Å². The van der Waals surface area contributed by atoms with Gasteiger partial charge in [-0.1, -0.05) is 0 Å². The Hall–Kier alpha value is -0.580. The van der Waals surface area contributed by atoms with Crippen molar-refractivity contribution in [3.8, 4) is 0 Å². The highest BCUT2D eigenvalue weighted by molar-refractivity contribution is 5.84. The van der Waals surface area contributed by atoms with Crippen LogP contribution in [0.5, 0.6) is 0 Å². The molecule has 0 amide bonds. The lowest BCUT2D eigenvalue weighted by Crippen LogP contribution is -2.28. The molecule has 2 aliphatic heterocycles. The van der Waals surface area contributed by atoms with E-state index in [-0.39, 0.29) is 18.1 Å². The van der Waals surface area contributed by atoms with Crippen LogP contribution in [0.4, 0.5) is 13.2 Å². The second-order valence-corrected chi connectivity index (χ2v) is 3.99. The van der Waals surface area contributed by atoms with Crippen LogP contribution in [0.1, 0.15) is 25.7 Å². The Balaban J connectivity index is 1.90. The Bertz CT molecular complexity index is 249. The second kappa shape index (κ2) is 3.22. The predicted octanol–water partition coefficient (Wildman–Crippen LogP) is 2.08. The van der Waals surface area contributed by atoms with Gasteiger partial charge in [-0.05, 0) is 25.2 Å². The monoisotopic (exact) mass is 208 g/mol. The van der Waals surface area contributed by atoms with Gasteiger partial charge in [-0.15, -0.1) is 0 Å². The Morgan fingerprint density at radius 2 is 2.07 bits per heavy atom. The van der Waals surface area contributed by atoms with Crippen molar-refractivity contribution in [1.82, 2.24) is 0 Å². The number of carbonyl (C=O) groups excluding carboxylic acids is 1. The summed E-state index contributed by atoms with van der Waals surface area (Å²) in [6, 6.07) is 0. The molecule has 0 N–H and O–H groups in total. The lowest BCUT2D eigenvalue weighted by atomic mass is 9.86. The maximum Gasteiger partial charge on any atom is 0.449 e. The fraction of sp³-hybridized carbons (Fsp3) is 0.889. The molecule has 0 aliphatic carbocycles. The molecule has 2 rings (SSSR count). The van der Waals surface area contributed by atoms with E-state index in [9.17, 15) is 18.0 Å². The number of hydrogen-bond acceptors (Lipinski definition) is 2. The summed E-state index contributed by atoms with van der Waals surface area (Å²) in [6.45, 7) is 0. The molecule has 5 heteroatoms. The smallest absolute Gasteiger partial charge is 0.375 e. The lowest BCUT2D eigenvalue weighted by molar-refractivity contribution is -0.172. The van der Waals surface area contributed by atoms with Crippen molar-refractivity contribution in [1.29, 1.82) is 0 Å². The number of hydrogen-bond donors (Lipinski definition) is 0. The first kappa shape index (κ1) is 9.96. The highest BCUT2D eigenvalue weighted by Crippen LogP contribution is 2.41. The Morgan fingerprint density at radius 1 is 1.36 bits per heavy atom. The molecule has 80 valence electrons. The average molecular weight is 208 g/mol. The van der Waals surface area contributed by atoms with Crippen molar-refractivity contribution in [2.45, 2.75) is 44.1 Å². The molecule has 0 aromatic heterocycles. The Morgan fingerprint density at radius 3 is 2.50 bits per heavy atom. The average Bonchev–Trinajstić information content (AvgIpc) is 2.62. The van der Waals surface area contributed by atoms with Gasteiger partial charge in [-0.2, -0.15) is 13.2 Å². The molecule has 2 nitrogen and oxygen atoms in total. The first-order valence-electron chi connectivity index (χ1n) is 4.72. The van der Waals surface area contributed by atoms with Crippen molar-refractivity contribution in [2.24, 2.45) is 5.92 Å². The molecule has 0 aromatic carbocycles. The molecule has 2 aliphatic rings. The van der Waals surface area contributed by atoms with E-state index < -0.39 is 18.4 Å². The summed E-state index contributed by atoms with van der Waals surface area (Å²) < 4.78 is 41.2. The van der Waals surface area contributed by atoms with Gasteiger partial charge >= 0.3 is 6.18 Å². The van der Waals surface area contributed by atoms with Crippen LogP contribution < -0.4 is 0 Å². The zero-order valence-electron chi connectivity index (χ0n) is 7.51. The van der Waals surface area contributed by atoms with Gasteiger partial charge in [0.05, 0.1) is 12.2 Å². The molecular weight excluding hydrogens is 197 g/mol. The van der Waals surface area contributed by atoms with Crippen LogP contribution in [0.2, 0.25) is 0 Å². The van der Waals surface area contributed by atoms with E-state index in [0.717, 1.165) is 12.8 Å². The number of ketones is 1. The van der Waals surface area contributed by atoms with Gasteiger partial charge in [0.25, 0.3) is 0 Å². The van der Waals surface area contributed by atoms with E-state index in [2.05, 4.69) is 0 Å². The standard InChI is InChI=1S/C9H11F3O2/c10-9(11,12)8(13)4-5-3-6-1-2-7(5)14-6/h5-7H,1-4H2. The summed E-state index contributed by atoms with van der Waals surface area (Å²) in [7, 11) is 0. The molecule has 0 aromatic rings. The number of ether oxygens (including phenoxy) is 1. The predicted molar refractivity (Wildman–Crippen MR) is 41.7 cm³/mol. The Labute approximate surface area is 79.4 Å². The van der Waals surface area contributed by atoms with Crippen LogP contribution in [-0.2, 0) is 9.53 Å². The largest absolute Gasteiger partial charge is 0.449 e. The molecule has 2 heterocycles. The molecule has 2 bridgehead atoms. The highest BCUT2D eigenvalue weighted by Gasteiger charge is 2.46. The molecular formula is C9H11F3O2. The SMILES string of the molecule is O=C(CC1CC2CCC1O2)C(F)(F)F. The van der Waals surface area contributed by atoms with E-state index in [4.69, 9.17) is 4.74 Å². The summed E-state index contributed by atoms with van der Waals surface area (Å²) in [5, 5.41) is 0. The second-order valence-electron chi connectivity index (χ2n) is 3.99. The Kier molecular flexibility index (Phi) is 2.29. The summed E-state index contributed by atoms with van der Waals surface area (Å²) in [5.74, 6) is -1.82. The summed E-state index contributed by atoms with van der Waals surface area (Å²) in [6.07, 6.45) is -2.72. The van der Waals surface area contributed by atoms with Gasteiger partial charge in [0, 0.05) is 6.42 Å². The van der Waals surface area contributed by atoms with Crippen LogP contribution in [0.3, 0.4) is 0 Å². The third kappa shape index (κ3) is 1.78. The van der Waals surface area contributed by atoms with Gasteiger partial charge in [0.15, 0.2) is 0 Å². The van der Waals surface area contributed by atoms with Crippen LogP contribution in [0, 0.1) is 5.92 Å². The fourth-order valence-electron chi connectivity index (χ4n) is 2.31. The highest BCUT2D eigenvalue weighted by atomic mass is 19.4. The first-order chi connectivity index (χ1) is 6.47. The summed E-state index contributed by atoms with van der Waals surface area (Å²) in [5.41, 5.74) is 0. The molecule has 0 radical (unpaired) electrons. The number of rotatable bonds is 2.